The second-order valence-corrected chi connectivity index (χ2v) is 3.07. The van der Waals surface area contributed by atoms with E-state index in [1.165, 1.54) is 6.42 Å². The zero-order valence-electron chi connectivity index (χ0n) is 5.84. The smallest absolute Gasteiger partial charge is 0.226 e. The number of nitrogens with one attached hydrogen (secondary N) is 1. The fraction of sp³-hybridized carbons (Fsp3) is 0.625. The van der Waals surface area contributed by atoms with Gasteiger partial charge in [-0.15, -0.1) is 0 Å². The van der Waals surface area contributed by atoms with Crippen molar-refractivity contribution in [2.24, 2.45) is 11.8 Å². The third-order valence-corrected chi connectivity index (χ3v) is 2.34. The monoisotopic (exact) mass is 137 g/mol. The van der Waals surface area contributed by atoms with E-state index in [9.17, 15) is 4.79 Å². The van der Waals surface area contributed by atoms with Gasteiger partial charge in [0.1, 0.15) is 0 Å². The molecule has 54 valence electrons. The second-order valence-electron chi connectivity index (χ2n) is 3.07. The summed E-state index contributed by atoms with van der Waals surface area (Å²) in [6, 6.07) is 0. The number of rotatable bonds is 0. The van der Waals surface area contributed by atoms with Gasteiger partial charge in [-0.2, -0.15) is 0 Å². The molecule has 10 heavy (non-hydrogen) atoms. The molecule has 1 aliphatic carbocycles. The fourth-order valence-corrected chi connectivity index (χ4v) is 1.63. The number of carbonyl (C=O) groups is 1. The summed E-state index contributed by atoms with van der Waals surface area (Å²) in [7, 11) is 0. The fourth-order valence-electron chi connectivity index (χ4n) is 1.63. The molecule has 2 aliphatic heterocycles. The van der Waals surface area contributed by atoms with Crippen LogP contribution in [0.15, 0.2) is 12.2 Å². The highest BCUT2D eigenvalue weighted by molar-refractivity contribution is 5.81. The minimum Gasteiger partial charge on any atom is -0.355 e. The summed E-state index contributed by atoms with van der Waals surface area (Å²) >= 11 is 0. The Morgan fingerprint density at radius 3 is 3.00 bits per heavy atom. The van der Waals surface area contributed by atoms with Gasteiger partial charge in [0.25, 0.3) is 0 Å². The zero-order valence-corrected chi connectivity index (χ0v) is 5.84. The molecule has 2 nitrogen and oxygen atoms in total. The van der Waals surface area contributed by atoms with Crippen LogP contribution in [0.2, 0.25) is 0 Å². The molecule has 0 aromatic carbocycles. The standard InChI is InChI=1S/C8H11NO/c10-8-7-3-1-6(2-4-7)5-9-8/h1,3,6-7H,2,4-5H2,(H,9,10)/t6-,7+/m0/s1. The van der Waals surface area contributed by atoms with Crippen molar-refractivity contribution in [1.82, 2.24) is 5.32 Å². The summed E-state index contributed by atoms with van der Waals surface area (Å²) in [4.78, 5) is 11.1. The Labute approximate surface area is 60.3 Å². The summed E-state index contributed by atoms with van der Waals surface area (Å²) in [5.74, 6) is 1.01. The van der Waals surface area contributed by atoms with Crippen LogP contribution in [0, 0.1) is 11.8 Å². The van der Waals surface area contributed by atoms with E-state index in [2.05, 4.69) is 17.5 Å². The van der Waals surface area contributed by atoms with E-state index < -0.39 is 0 Å². The largest absolute Gasteiger partial charge is 0.355 e. The van der Waals surface area contributed by atoms with Crippen LogP contribution in [0.3, 0.4) is 0 Å². The molecule has 1 amide bonds. The molecule has 1 N–H and O–H groups in total. The molecule has 1 fully saturated rings. The van der Waals surface area contributed by atoms with Gasteiger partial charge in [-0.1, -0.05) is 12.2 Å². The van der Waals surface area contributed by atoms with E-state index in [1.807, 2.05) is 0 Å². The Kier molecular flexibility index (Phi) is 1.26. The third kappa shape index (κ3) is 0.838. The molecule has 0 saturated carbocycles. The van der Waals surface area contributed by atoms with Crippen LogP contribution in [-0.2, 0) is 4.79 Å². The SMILES string of the molecule is O=C1NC[C@H]2C=C[C@@H]1CC2. The molecule has 3 aliphatic rings. The Hall–Kier alpha value is -0.790. The molecule has 2 heterocycles. The van der Waals surface area contributed by atoms with Gasteiger partial charge in [0.2, 0.25) is 5.91 Å². The number of amides is 1. The second kappa shape index (κ2) is 2.11. The molecule has 2 atom stereocenters. The lowest BCUT2D eigenvalue weighted by Gasteiger charge is -2.12. The van der Waals surface area contributed by atoms with Gasteiger partial charge in [0, 0.05) is 6.54 Å². The lowest BCUT2D eigenvalue weighted by molar-refractivity contribution is -0.123. The minimum absolute atomic E-state index is 0.179. The number of hydrogen-bond acceptors (Lipinski definition) is 1. The first-order chi connectivity index (χ1) is 4.86. The number of hydrogen-bond donors (Lipinski definition) is 1. The first-order valence-electron chi connectivity index (χ1n) is 3.82. The van der Waals surface area contributed by atoms with Crippen molar-refractivity contribution in [2.45, 2.75) is 12.8 Å². The van der Waals surface area contributed by atoms with E-state index in [0.29, 0.717) is 5.92 Å². The van der Waals surface area contributed by atoms with Crippen molar-refractivity contribution < 1.29 is 4.79 Å². The highest BCUT2D eigenvalue weighted by Gasteiger charge is 2.25. The Bertz CT molecular complexity index is 186. The van der Waals surface area contributed by atoms with Crippen LogP contribution in [0.4, 0.5) is 0 Å². The van der Waals surface area contributed by atoms with Crippen molar-refractivity contribution in [3.63, 3.8) is 0 Å². The molecule has 0 radical (unpaired) electrons. The Balaban J connectivity index is 2.25. The van der Waals surface area contributed by atoms with Gasteiger partial charge in [-0.25, -0.2) is 0 Å². The average molecular weight is 137 g/mol. The van der Waals surface area contributed by atoms with Gasteiger partial charge in [-0.05, 0) is 18.8 Å². The van der Waals surface area contributed by atoms with Crippen molar-refractivity contribution >= 4 is 5.91 Å². The average Bonchev–Trinajstić information content (AvgIpc) is 2.24. The van der Waals surface area contributed by atoms with Gasteiger partial charge in [0.05, 0.1) is 5.92 Å². The predicted molar refractivity (Wildman–Crippen MR) is 38.4 cm³/mol. The maximum atomic E-state index is 11.1. The molecule has 1 saturated heterocycles. The van der Waals surface area contributed by atoms with Crippen molar-refractivity contribution in [3.8, 4) is 0 Å². The quantitative estimate of drug-likeness (QED) is 0.489. The molecular formula is C8H11NO. The molecule has 0 unspecified atom stereocenters. The van der Waals surface area contributed by atoms with Gasteiger partial charge >= 0.3 is 0 Å². The summed E-state index contributed by atoms with van der Waals surface area (Å²) in [6.07, 6.45) is 6.45. The Morgan fingerprint density at radius 2 is 2.30 bits per heavy atom. The van der Waals surface area contributed by atoms with E-state index in [1.54, 1.807) is 0 Å². The minimum atomic E-state index is 0.179. The first kappa shape index (κ1) is 5.96. The first-order valence-corrected chi connectivity index (χ1v) is 3.82. The van der Waals surface area contributed by atoms with E-state index in [4.69, 9.17) is 0 Å². The highest BCUT2D eigenvalue weighted by Crippen LogP contribution is 2.24. The van der Waals surface area contributed by atoms with Crippen LogP contribution >= 0.6 is 0 Å². The van der Waals surface area contributed by atoms with Crippen molar-refractivity contribution in [2.75, 3.05) is 6.54 Å². The lowest BCUT2D eigenvalue weighted by atomic mass is 9.91. The number of carbonyl (C=O) groups excluding carboxylic acids is 1. The lowest BCUT2D eigenvalue weighted by Crippen LogP contribution is -2.27. The summed E-state index contributed by atoms with van der Waals surface area (Å²) in [6.45, 7) is 0.853. The normalized spacial score (nSPS) is 37.4. The zero-order chi connectivity index (χ0) is 6.97. The molecule has 2 heteroatoms. The van der Waals surface area contributed by atoms with Gasteiger partial charge < -0.3 is 5.32 Å². The maximum absolute atomic E-state index is 11.1. The van der Waals surface area contributed by atoms with Crippen molar-refractivity contribution in [1.29, 1.82) is 0 Å². The van der Waals surface area contributed by atoms with Crippen LogP contribution < -0.4 is 5.32 Å². The summed E-state index contributed by atoms with van der Waals surface area (Å²) in [5, 5.41) is 2.91. The van der Waals surface area contributed by atoms with Gasteiger partial charge in [-0.3, -0.25) is 4.79 Å². The molecule has 2 bridgehead atoms. The maximum Gasteiger partial charge on any atom is 0.226 e. The van der Waals surface area contributed by atoms with Crippen LogP contribution in [0.5, 0.6) is 0 Å². The van der Waals surface area contributed by atoms with E-state index in [0.717, 1.165) is 13.0 Å². The molecule has 0 spiro atoms. The van der Waals surface area contributed by atoms with E-state index in [-0.39, 0.29) is 11.8 Å². The topological polar surface area (TPSA) is 29.1 Å². The molecule has 0 aromatic heterocycles. The number of fused-ring (bicyclic) bond motifs is 3. The highest BCUT2D eigenvalue weighted by atomic mass is 16.1. The van der Waals surface area contributed by atoms with Crippen LogP contribution in [0.25, 0.3) is 0 Å². The summed E-state index contributed by atoms with van der Waals surface area (Å²) in [5.41, 5.74) is 0. The molecule has 0 aromatic rings. The predicted octanol–water partition coefficient (Wildman–Crippen LogP) is 0.699. The van der Waals surface area contributed by atoms with Crippen LogP contribution in [0.1, 0.15) is 12.8 Å². The third-order valence-electron chi connectivity index (χ3n) is 2.34. The summed E-state index contributed by atoms with van der Waals surface area (Å²) < 4.78 is 0. The van der Waals surface area contributed by atoms with E-state index >= 15 is 0 Å². The van der Waals surface area contributed by atoms with Crippen LogP contribution in [-0.4, -0.2) is 12.5 Å². The van der Waals surface area contributed by atoms with Crippen molar-refractivity contribution in [3.05, 3.63) is 12.2 Å². The molecule has 3 rings (SSSR count). The van der Waals surface area contributed by atoms with Gasteiger partial charge in [0.15, 0.2) is 0 Å². The Morgan fingerprint density at radius 1 is 1.40 bits per heavy atom. The molecular weight excluding hydrogens is 126 g/mol.